The van der Waals surface area contributed by atoms with Crippen LogP contribution in [-0.2, 0) is 63.5 Å². The van der Waals surface area contributed by atoms with E-state index in [2.05, 4.69) is 23.1 Å². The molecule has 0 aliphatic rings. The summed E-state index contributed by atoms with van der Waals surface area (Å²) in [5, 5.41) is 0.171. The van der Waals surface area contributed by atoms with Gasteiger partial charge in [0.15, 0.2) is 5.12 Å². The topological polar surface area (TPSA) is 183 Å². The zero-order valence-corrected chi connectivity index (χ0v) is 28.9. The van der Waals surface area contributed by atoms with E-state index < -0.39 is 36.9 Å². The Hall–Kier alpha value is -0.920. The van der Waals surface area contributed by atoms with Gasteiger partial charge in [-0.1, -0.05) is 11.8 Å². The van der Waals surface area contributed by atoms with Crippen molar-refractivity contribution in [1.82, 2.24) is 0 Å². The van der Waals surface area contributed by atoms with Gasteiger partial charge < -0.3 is 18.9 Å². The highest BCUT2D eigenvalue weighted by Gasteiger charge is 1.90. The van der Waals surface area contributed by atoms with Crippen LogP contribution in [0.1, 0.15) is 13.8 Å². The number of esters is 1. The molecule has 0 fully saturated rings. The van der Waals surface area contributed by atoms with Gasteiger partial charge in [-0.15, -0.1) is 0 Å². The Morgan fingerprint density at radius 1 is 0.703 bits per heavy atom. The number of hydrogen-bond donors (Lipinski definition) is 0. The molecular formula is C19H48O13S5. The van der Waals surface area contributed by atoms with Crippen LogP contribution in [0, 0.1) is 0 Å². The van der Waals surface area contributed by atoms with Crippen LogP contribution in [0.25, 0.3) is 0 Å². The lowest BCUT2D eigenvalue weighted by Gasteiger charge is -1.89. The zero-order chi connectivity index (χ0) is 32.3. The van der Waals surface area contributed by atoms with Crippen LogP contribution in [0.2, 0.25) is 0 Å². The normalized spacial score (nSPS) is 8.46. The number of rotatable bonds is 1. The smallest absolute Gasteiger partial charge is 0.469 e. The summed E-state index contributed by atoms with van der Waals surface area (Å²) in [6, 6.07) is 0. The Labute approximate surface area is 235 Å². The number of sulfone groups is 1. The first-order valence-corrected chi connectivity index (χ1v) is 18.1. The molecule has 0 rings (SSSR count). The first-order valence-electron chi connectivity index (χ1n) is 9.14. The van der Waals surface area contributed by atoms with E-state index in [1.807, 2.05) is 12.5 Å². The molecule has 232 valence electrons. The van der Waals surface area contributed by atoms with Crippen LogP contribution < -0.4 is 0 Å². The Bertz CT molecular complexity index is 674. The predicted molar refractivity (Wildman–Crippen MR) is 156 cm³/mol. The maximum absolute atomic E-state index is 9.78. The largest absolute Gasteiger partial charge is 0.507 e. The number of ether oxygens (including phenoxy) is 4. The number of methoxy groups -OCH3 is 4. The molecule has 0 saturated carbocycles. The van der Waals surface area contributed by atoms with Crippen molar-refractivity contribution in [3.63, 3.8) is 0 Å². The Morgan fingerprint density at radius 2 is 0.838 bits per heavy atom. The first-order chi connectivity index (χ1) is 16.5. The minimum absolute atomic E-state index is 0.171. The second kappa shape index (κ2) is 45.0. The summed E-state index contributed by atoms with van der Waals surface area (Å²) >= 11 is 2.99. The second-order valence-corrected chi connectivity index (χ2v) is 12.9. The van der Waals surface area contributed by atoms with Crippen molar-refractivity contribution < 1.29 is 58.6 Å². The molecule has 0 aromatic carbocycles. The van der Waals surface area contributed by atoms with Gasteiger partial charge in [0.2, 0.25) is 0 Å². The van der Waals surface area contributed by atoms with Gasteiger partial charge >= 0.3 is 12.1 Å². The van der Waals surface area contributed by atoms with Gasteiger partial charge in [0.25, 0.3) is 10.1 Å². The molecule has 0 radical (unpaired) electrons. The summed E-state index contributed by atoms with van der Waals surface area (Å²) in [6.07, 6.45) is 11.8. The monoisotopic (exact) mass is 644 g/mol. The summed E-state index contributed by atoms with van der Waals surface area (Å²) in [5.41, 5.74) is 0. The third-order valence-corrected chi connectivity index (χ3v) is 2.39. The molecule has 13 nitrogen and oxygen atoms in total. The van der Waals surface area contributed by atoms with E-state index in [0.29, 0.717) is 0 Å². The van der Waals surface area contributed by atoms with Gasteiger partial charge in [-0.25, -0.2) is 13.2 Å². The van der Waals surface area contributed by atoms with E-state index in [1.165, 1.54) is 40.0 Å². The molecule has 0 heterocycles. The fourth-order valence-corrected chi connectivity index (χ4v) is 0.0833. The van der Waals surface area contributed by atoms with E-state index in [-0.39, 0.29) is 11.1 Å². The third-order valence-electron chi connectivity index (χ3n) is 1.21. The lowest BCUT2D eigenvalue weighted by Crippen LogP contribution is -1.97. The van der Waals surface area contributed by atoms with Gasteiger partial charge in [-0.2, -0.15) is 20.2 Å². The predicted octanol–water partition coefficient (Wildman–Crippen LogP) is 1.96. The number of carbonyl (C=O) groups is 3. The molecule has 0 spiro atoms. The number of thioether (sulfide) groups is 2. The van der Waals surface area contributed by atoms with Gasteiger partial charge in [0, 0.05) is 63.9 Å². The van der Waals surface area contributed by atoms with Crippen LogP contribution in [-0.4, -0.2) is 131 Å². The summed E-state index contributed by atoms with van der Waals surface area (Å²) < 4.78 is 68.7. The van der Waals surface area contributed by atoms with Crippen molar-refractivity contribution in [2.75, 3.05) is 92.7 Å². The molecule has 0 aliphatic carbocycles. The first kappa shape index (κ1) is 56.3. The molecule has 0 aromatic rings. The third kappa shape index (κ3) is 378. The fourth-order valence-electron chi connectivity index (χ4n) is 0.0833. The van der Waals surface area contributed by atoms with Gasteiger partial charge in [-0.05, 0) is 18.8 Å². The molecule has 0 aliphatic heterocycles. The number of carbonyl (C=O) groups excluding carboxylic acids is 3. The fraction of sp³-hybridized carbons (Fsp3) is 0.842. The average molecular weight is 645 g/mol. The Kier molecular flexibility index (Phi) is 68.5. The van der Waals surface area contributed by atoms with E-state index in [9.17, 15) is 35.4 Å². The van der Waals surface area contributed by atoms with E-state index in [0.717, 1.165) is 25.9 Å². The lowest BCUT2D eigenvalue weighted by atomic mass is 10.8. The van der Waals surface area contributed by atoms with Crippen molar-refractivity contribution in [3.05, 3.63) is 0 Å². The molecule has 0 bridgehead atoms. The Morgan fingerprint density at radius 3 is 0.838 bits per heavy atom. The molecule has 37 heavy (non-hydrogen) atoms. The minimum atomic E-state index is -3.16. The van der Waals surface area contributed by atoms with Crippen LogP contribution in [0.5, 0.6) is 0 Å². The van der Waals surface area contributed by atoms with Gasteiger partial charge in [0.05, 0.1) is 34.7 Å². The standard InChI is InChI=1S/C3H6O3.C3H6O2.C3H6OS.C2H6O3S.C2H6O2S.C2H6OS.C2H6O.C2H6S/c1-5-3(4)6-2;2*1-3(4)5-2;1-5-6(2,3)4;1-5(2,3)4;1-4(2)3;2*1-3-2/h1-2H3;2*1-2H3;1-2H3;1-2H3;1-2H3;2*1-2H3. The molecule has 18 heteroatoms. The van der Waals surface area contributed by atoms with E-state index >= 15 is 0 Å². The molecule has 0 unspecified atom stereocenters. The van der Waals surface area contributed by atoms with Gasteiger partial charge in [-0.3, -0.25) is 18.0 Å². The highest BCUT2D eigenvalue weighted by Crippen LogP contribution is 1.88. The second-order valence-electron chi connectivity index (χ2n) is 5.62. The number of hydrogen-bond acceptors (Lipinski definition) is 15. The maximum atomic E-state index is 9.78. The van der Waals surface area contributed by atoms with Crippen LogP contribution in [0.4, 0.5) is 4.79 Å². The molecule has 0 N–H and O–H groups in total. The van der Waals surface area contributed by atoms with E-state index in [4.69, 9.17) is 0 Å². The highest BCUT2D eigenvalue weighted by atomic mass is 32.2. The summed E-state index contributed by atoms with van der Waals surface area (Å²) in [7, 11) is 1.79. The zero-order valence-electron chi connectivity index (χ0n) is 24.8. The van der Waals surface area contributed by atoms with Gasteiger partial charge in [0.1, 0.15) is 9.84 Å². The summed E-state index contributed by atoms with van der Waals surface area (Å²) in [5.74, 6) is -0.245. The Balaban J connectivity index is -0.0000000438. The summed E-state index contributed by atoms with van der Waals surface area (Å²) in [4.78, 5) is 29.1. The maximum Gasteiger partial charge on any atom is 0.507 e. The van der Waals surface area contributed by atoms with Crippen molar-refractivity contribution in [3.8, 4) is 0 Å². The highest BCUT2D eigenvalue weighted by molar-refractivity contribution is 8.13. The molecule has 0 atom stereocenters. The van der Waals surface area contributed by atoms with Crippen LogP contribution in [0.15, 0.2) is 0 Å². The SMILES string of the molecule is COC.COC(=O)OC.COC(C)=O.COS(C)(=O)=O.CS(C)(=O)=O.CS(C)=O.CSC.CSC(C)=O. The molecule has 0 saturated heterocycles. The quantitative estimate of drug-likeness (QED) is 0.298. The molecule has 0 aromatic heterocycles. The van der Waals surface area contributed by atoms with Crippen LogP contribution >= 0.6 is 23.5 Å². The summed E-state index contributed by atoms with van der Waals surface area (Å²) in [6.45, 7) is 2.91. The molecule has 0 amide bonds. The van der Waals surface area contributed by atoms with Crippen LogP contribution in [0.3, 0.4) is 0 Å². The minimum Gasteiger partial charge on any atom is -0.469 e. The van der Waals surface area contributed by atoms with Crippen molar-refractivity contribution in [2.24, 2.45) is 0 Å². The van der Waals surface area contributed by atoms with Crippen molar-refractivity contribution in [1.29, 1.82) is 0 Å². The lowest BCUT2D eigenvalue weighted by molar-refractivity contribution is -0.137. The van der Waals surface area contributed by atoms with Crippen molar-refractivity contribution in [2.45, 2.75) is 13.8 Å². The van der Waals surface area contributed by atoms with E-state index in [1.54, 1.807) is 51.7 Å². The average Bonchev–Trinajstić information content (AvgIpc) is 2.73. The van der Waals surface area contributed by atoms with Crippen molar-refractivity contribution >= 4 is 71.5 Å². The molecular weight excluding hydrogens is 597 g/mol.